The summed E-state index contributed by atoms with van der Waals surface area (Å²) in [6, 6.07) is 4.62. The Morgan fingerprint density at radius 1 is 1.35 bits per heavy atom. The van der Waals surface area contributed by atoms with Crippen molar-refractivity contribution < 1.29 is 19.8 Å². The highest BCUT2D eigenvalue weighted by atomic mass is 32.2. The SMILES string of the molecule is Cc1cc(O)ccc1NC(=O)CSCC(=O)O. The Labute approximate surface area is 103 Å². The number of aliphatic carboxylic acids is 1. The highest BCUT2D eigenvalue weighted by Gasteiger charge is 2.06. The summed E-state index contributed by atoms with van der Waals surface area (Å²) in [5.41, 5.74) is 1.37. The number of phenols is 1. The molecular formula is C11H13NO4S. The highest BCUT2D eigenvalue weighted by molar-refractivity contribution is 8.00. The Morgan fingerprint density at radius 3 is 2.65 bits per heavy atom. The third kappa shape index (κ3) is 4.78. The van der Waals surface area contributed by atoms with Gasteiger partial charge in [0.15, 0.2) is 0 Å². The summed E-state index contributed by atoms with van der Waals surface area (Å²) >= 11 is 1.04. The molecule has 3 N–H and O–H groups in total. The van der Waals surface area contributed by atoms with Crippen LogP contribution in [0.25, 0.3) is 0 Å². The Morgan fingerprint density at radius 2 is 2.06 bits per heavy atom. The lowest BCUT2D eigenvalue weighted by Gasteiger charge is -2.08. The number of anilines is 1. The van der Waals surface area contributed by atoms with Crippen molar-refractivity contribution in [3.05, 3.63) is 23.8 Å². The van der Waals surface area contributed by atoms with E-state index in [1.165, 1.54) is 6.07 Å². The van der Waals surface area contributed by atoms with Gasteiger partial charge in [-0.1, -0.05) is 0 Å². The van der Waals surface area contributed by atoms with Crippen molar-refractivity contribution in [2.45, 2.75) is 6.92 Å². The number of rotatable bonds is 5. The Balaban J connectivity index is 2.48. The fraction of sp³-hybridized carbons (Fsp3) is 0.273. The molecule has 0 saturated heterocycles. The Kier molecular flexibility index (Phi) is 4.84. The predicted octanol–water partition coefficient (Wildman–Crippen LogP) is 1.46. The molecule has 5 nitrogen and oxygen atoms in total. The lowest BCUT2D eigenvalue weighted by atomic mass is 10.2. The zero-order valence-electron chi connectivity index (χ0n) is 9.27. The van der Waals surface area contributed by atoms with Gasteiger partial charge in [-0.3, -0.25) is 9.59 Å². The largest absolute Gasteiger partial charge is 0.508 e. The molecule has 0 aromatic heterocycles. The van der Waals surface area contributed by atoms with E-state index in [4.69, 9.17) is 5.11 Å². The van der Waals surface area contributed by atoms with E-state index in [1.807, 2.05) is 0 Å². The van der Waals surface area contributed by atoms with Crippen LogP contribution in [-0.4, -0.2) is 33.6 Å². The van der Waals surface area contributed by atoms with E-state index in [0.29, 0.717) is 5.69 Å². The summed E-state index contributed by atoms with van der Waals surface area (Å²) in [7, 11) is 0. The van der Waals surface area contributed by atoms with Gasteiger partial charge in [0.05, 0.1) is 11.5 Å². The van der Waals surface area contributed by atoms with Crippen molar-refractivity contribution in [3.8, 4) is 5.75 Å². The third-order valence-corrected chi connectivity index (χ3v) is 2.86. The summed E-state index contributed by atoms with van der Waals surface area (Å²) in [6.07, 6.45) is 0. The number of phenolic OH excluding ortho intramolecular Hbond substituents is 1. The number of amides is 1. The molecule has 0 aliphatic carbocycles. The minimum Gasteiger partial charge on any atom is -0.508 e. The number of aromatic hydroxyl groups is 1. The van der Waals surface area contributed by atoms with Gasteiger partial charge in [-0.05, 0) is 30.7 Å². The predicted molar refractivity (Wildman–Crippen MR) is 66.4 cm³/mol. The number of hydrogen-bond acceptors (Lipinski definition) is 4. The molecule has 0 unspecified atom stereocenters. The zero-order valence-corrected chi connectivity index (χ0v) is 10.1. The van der Waals surface area contributed by atoms with Crippen LogP contribution in [0.15, 0.2) is 18.2 Å². The average molecular weight is 255 g/mol. The molecular weight excluding hydrogens is 242 g/mol. The van der Waals surface area contributed by atoms with E-state index in [9.17, 15) is 14.7 Å². The molecule has 6 heteroatoms. The van der Waals surface area contributed by atoms with E-state index in [1.54, 1.807) is 19.1 Å². The van der Waals surface area contributed by atoms with Gasteiger partial charge >= 0.3 is 5.97 Å². The average Bonchev–Trinajstić information content (AvgIpc) is 2.21. The van der Waals surface area contributed by atoms with Gasteiger partial charge in [-0.15, -0.1) is 11.8 Å². The van der Waals surface area contributed by atoms with Gasteiger partial charge < -0.3 is 15.5 Å². The molecule has 17 heavy (non-hydrogen) atoms. The number of carboxylic acids is 1. The molecule has 0 fully saturated rings. The van der Waals surface area contributed by atoms with Gasteiger partial charge in [0, 0.05) is 5.69 Å². The second-order valence-corrected chi connectivity index (χ2v) is 4.42. The second kappa shape index (κ2) is 6.15. The molecule has 1 amide bonds. The van der Waals surface area contributed by atoms with Crippen molar-refractivity contribution in [1.29, 1.82) is 0 Å². The normalized spacial score (nSPS) is 9.94. The van der Waals surface area contributed by atoms with Crippen LogP contribution in [0.2, 0.25) is 0 Å². The number of carbonyl (C=O) groups is 2. The maximum atomic E-state index is 11.4. The molecule has 0 heterocycles. The molecule has 0 saturated carbocycles. The number of carbonyl (C=O) groups excluding carboxylic acids is 1. The molecule has 1 rings (SSSR count). The molecule has 1 aromatic carbocycles. The van der Waals surface area contributed by atoms with Gasteiger partial charge in [-0.25, -0.2) is 0 Å². The van der Waals surface area contributed by atoms with Gasteiger partial charge in [0.25, 0.3) is 0 Å². The van der Waals surface area contributed by atoms with Crippen LogP contribution < -0.4 is 5.32 Å². The smallest absolute Gasteiger partial charge is 0.313 e. The van der Waals surface area contributed by atoms with E-state index in [0.717, 1.165) is 17.3 Å². The quantitative estimate of drug-likeness (QED) is 0.693. The molecule has 0 radical (unpaired) electrons. The highest BCUT2D eigenvalue weighted by Crippen LogP contribution is 2.20. The van der Waals surface area contributed by atoms with Gasteiger partial charge in [0.2, 0.25) is 5.91 Å². The maximum Gasteiger partial charge on any atom is 0.313 e. The first-order chi connectivity index (χ1) is 7.99. The topological polar surface area (TPSA) is 86.6 Å². The van der Waals surface area contributed by atoms with Crippen molar-refractivity contribution in [2.24, 2.45) is 0 Å². The first-order valence-electron chi connectivity index (χ1n) is 4.88. The second-order valence-electron chi connectivity index (χ2n) is 3.43. The summed E-state index contributed by atoms with van der Waals surface area (Å²) in [5, 5.41) is 20.2. The minimum absolute atomic E-state index is 0.0899. The molecule has 0 spiro atoms. The van der Waals surface area contributed by atoms with Crippen LogP contribution in [-0.2, 0) is 9.59 Å². The van der Waals surface area contributed by atoms with Crippen LogP contribution in [0.1, 0.15) is 5.56 Å². The number of thioether (sulfide) groups is 1. The van der Waals surface area contributed by atoms with Crippen molar-refractivity contribution in [3.63, 3.8) is 0 Å². The van der Waals surface area contributed by atoms with E-state index < -0.39 is 5.97 Å². The summed E-state index contributed by atoms with van der Waals surface area (Å²) < 4.78 is 0. The summed E-state index contributed by atoms with van der Waals surface area (Å²) in [5.74, 6) is -1.07. The lowest BCUT2D eigenvalue weighted by molar-refractivity contribution is -0.133. The van der Waals surface area contributed by atoms with Crippen LogP contribution >= 0.6 is 11.8 Å². The molecule has 0 bridgehead atoms. The number of benzene rings is 1. The first kappa shape index (κ1) is 13.4. The fourth-order valence-electron chi connectivity index (χ4n) is 1.21. The summed E-state index contributed by atoms with van der Waals surface area (Å²) in [6.45, 7) is 1.76. The minimum atomic E-state index is -0.941. The van der Waals surface area contributed by atoms with Crippen LogP contribution in [0.4, 0.5) is 5.69 Å². The number of nitrogens with one attached hydrogen (secondary N) is 1. The molecule has 0 atom stereocenters. The lowest BCUT2D eigenvalue weighted by Crippen LogP contribution is -2.16. The van der Waals surface area contributed by atoms with Gasteiger partial charge in [0.1, 0.15) is 5.75 Å². The van der Waals surface area contributed by atoms with Crippen molar-refractivity contribution in [2.75, 3.05) is 16.8 Å². The molecule has 1 aromatic rings. The standard InChI is InChI=1S/C11H13NO4S/c1-7-4-8(13)2-3-9(7)12-10(14)5-17-6-11(15)16/h2-4,13H,5-6H2,1H3,(H,12,14)(H,15,16). The third-order valence-electron chi connectivity index (χ3n) is 1.94. The molecule has 0 aliphatic rings. The van der Waals surface area contributed by atoms with Crippen molar-refractivity contribution >= 4 is 29.3 Å². The van der Waals surface area contributed by atoms with Crippen molar-refractivity contribution in [1.82, 2.24) is 0 Å². The Bertz CT molecular complexity index is 433. The Hall–Kier alpha value is -1.69. The van der Waals surface area contributed by atoms with Gasteiger partial charge in [-0.2, -0.15) is 0 Å². The van der Waals surface area contributed by atoms with Crippen LogP contribution in [0.3, 0.4) is 0 Å². The van der Waals surface area contributed by atoms with Crippen LogP contribution in [0.5, 0.6) is 5.75 Å². The maximum absolute atomic E-state index is 11.4. The van der Waals surface area contributed by atoms with E-state index >= 15 is 0 Å². The molecule has 0 aliphatic heterocycles. The molecule has 92 valence electrons. The number of hydrogen-bond donors (Lipinski definition) is 3. The summed E-state index contributed by atoms with van der Waals surface area (Å²) in [4.78, 5) is 21.7. The zero-order chi connectivity index (χ0) is 12.8. The van der Waals surface area contributed by atoms with E-state index in [-0.39, 0.29) is 23.2 Å². The van der Waals surface area contributed by atoms with Crippen LogP contribution in [0, 0.1) is 6.92 Å². The van der Waals surface area contributed by atoms with E-state index in [2.05, 4.69) is 5.32 Å². The number of carboxylic acid groups (broad SMARTS) is 1. The first-order valence-corrected chi connectivity index (χ1v) is 6.03. The fourth-order valence-corrected chi connectivity index (χ4v) is 1.74. The monoisotopic (exact) mass is 255 g/mol. The number of aryl methyl sites for hydroxylation is 1.